The zero-order chi connectivity index (χ0) is 19.9. The fourth-order valence-corrected chi connectivity index (χ4v) is 2.97. The van der Waals surface area contributed by atoms with Gasteiger partial charge in [0.1, 0.15) is 12.4 Å². The summed E-state index contributed by atoms with van der Waals surface area (Å²) < 4.78 is 6.72. The highest BCUT2D eigenvalue weighted by molar-refractivity contribution is 9.10. The number of anilines is 1. The number of hydrogen-bond donors (Lipinski definition) is 2. The average Bonchev–Trinajstić information content (AvgIpc) is 2.70. The van der Waals surface area contributed by atoms with Gasteiger partial charge < -0.3 is 10.1 Å². The van der Waals surface area contributed by atoms with Crippen molar-refractivity contribution < 1.29 is 9.53 Å². The van der Waals surface area contributed by atoms with Gasteiger partial charge >= 0.3 is 6.03 Å². The first-order chi connectivity index (χ1) is 13.6. The predicted molar refractivity (Wildman–Crippen MR) is 118 cm³/mol. The van der Waals surface area contributed by atoms with E-state index in [0.29, 0.717) is 18.0 Å². The quantitative estimate of drug-likeness (QED) is 0.298. The highest BCUT2D eigenvalue weighted by Crippen LogP contribution is 2.26. The number of nitrogens with zero attached hydrogens (tertiary/aromatic N) is 1. The summed E-state index contributed by atoms with van der Waals surface area (Å²) >= 11 is 3.44. The fourth-order valence-electron chi connectivity index (χ4n) is 2.72. The molecule has 6 heteroatoms. The standard InChI is InChI=1S/C22H20BrN3O2/c1-3-12-28-21-11-8-16-6-4-5-7-18(16)19(21)14-24-26-22(27)25-17-9-10-20(23)15(2)13-17/h3-11,13-14H,1,12H2,2H3,(H2,25,26,27)/b24-14-. The molecule has 0 unspecified atom stereocenters. The lowest BCUT2D eigenvalue weighted by atomic mass is 10.0. The molecule has 0 atom stereocenters. The van der Waals surface area contributed by atoms with Crippen molar-refractivity contribution in [2.24, 2.45) is 5.10 Å². The van der Waals surface area contributed by atoms with Crippen molar-refractivity contribution in [1.29, 1.82) is 0 Å². The van der Waals surface area contributed by atoms with E-state index in [2.05, 4.69) is 38.4 Å². The third kappa shape index (κ3) is 4.78. The Bertz CT molecular complexity index is 1050. The largest absolute Gasteiger partial charge is 0.489 e. The first kappa shape index (κ1) is 19.6. The minimum atomic E-state index is -0.424. The molecule has 0 saturated heterocycles. The van der Waals surface area contributed by atoms with E-state index in [0.717, 1.165) is 26.4 Å². The van der Waals surface area contributed by atoms with Crippen LogP contribution in [-0.2, 0) is 0 Å². The molecule has 142 valence electrons. The molecular formula is C22H20BrN3O2. The highest BCUT2D eigenvalue weighted by atomic mass is 79.9. The molecule has 3 rings (SSSR count). The van der Waals surface area contributed by atoms with E-state index < -0.39 is 6.03 Å². The lowest BCUT2D eigenvalue weighted by Crippen LogP contribution is -2.24. The Balaban J connectivity index is 1.77. The molecule has 0 bridgehead atoms. The minimum Gasteiger partial charge on any atom is -0.489 e. The average molecular weight is 438 g/mol. The number of halogens is 1. The van der Waals surface area contributed by atoms with E-state index in [1.165, 1.54) is 0 Å². The van der Waals surface area contributed by atoms with Gasteiger partial charge in [-0.05, 0) is 47.5 Å². The minimum absolute atomic E-state index is 0.385. The number of carbonyl (C=O) groups is 1. The van der Waals surface area contributed by atoms with Crippen molar-refractivity contribution in [3.05, 3.63) is 82.9 Å². The van der Waals surface area contributed by atoms with Crippen LogP contribution in [0.2, 0.25) is 0 Å². The number of hydrogen-bond acceptors (Lipinski definition) is 3. The first-order valence-electron chi connectivity index (χ1n) is 8.70. The van der Waals surface area contributed by atoms with Gasteiger partial charge in [0, 0.05) is 15.7 Å². The summed E-state index contributed by atoms with van der Waals surface area (Å²) in [4.78, 5) is 12.1. The first-order valence-corrected chi connectivity index (χ1v) is 9.49. The summed E-state index contributed by atoms with van der Waals surface area (Å²) in [5.74, 6) is 0.674. The predicted octanol–water partition coefficient (Wildman–Crippen LogP) is 5.63. The third-order valence-electron chi connectivity index (χ3n) is 4.06. The number of nitrogens with one attached hydrogen (secondary N) is 2. The second-order valence-corrected chi connectivity index (χ2v) is 6.94. The molecule has 28 heavy (non-hydrogen) atoms. The van der Waals surface area contributed by atoms with Gasteiger partial charge in [0.15, 0.2) is 0 Å². The number of rotatable bonds is 6. The van der Waals surface area contributed by atoms with E-state index >= 15 is 0 Å². The molecule has 2 N–H and O–H groups in total. The normalized spacial score (nSPS) is 10.8. The SMILES string of the molecule is C=CCOc1ccc2ccccc2c1/C=N\NC(=O)Nc1ccc(Br)c(C)c1. The number of ether oxygens (including phenoxy) is 1. The van der Waals surface area contributed by atoms with Crippen LogP contribution in [0.15, 0.2) is 76.8 Å². The summed E-state index contributed by atoms with van der Waals surface area (Å²) in [7, 11) is 0. The summed E-state index contributed by atoms with van der Waals surface area (Å²) in [5, 5.41) is 8.89. The number of hydrazone groups is 1. The van der Waals surface area contributed by atoms with Crippen LogP contribution in [0.4, 0.5) is 10.5 Å². The highest BCUT2D eigenvalue weighted by Gasteiger charge is 2.07. The van der Waals surface area contributed by atoms with E-state index in [-0.39, 0.29) is 0 Å². The van der Waals surface area contributed by atoms with Crippen LogP contribution >= 0.6 is 15.9 Å². The molecule has 0 heterocycles. The summed E-state index contributed by atoms with van der Waals surface area (Å²) in [6, 6.07) is 16.9. The molecule has 0 spiro atoms. The second kappa shape index (κ2) is 9.19. The number of fused-ring (bicyclic) bond motifs is 1. The molecule has 0 aromatic heterocycles. The molecule has 0 aliphatic rings. The Morgan fingerprint density at radius 3 is 2.82 bits per heavy atom. The van der Waals surface area contributed by atoms with Gasteiger partial charge in [-0.15, -0.1) is 0 Å². The van der Waals surface area contributed by atoms with Crippen molar-refractivity contribution in [3.8, 4) is 5.75 Å². The van der Waals surface area contributed by atoms with Crippen LogP contribution in [0.1, 0.15) is 11.1 Å². The number of carbonyl (C=O) groups excluding carboxylic acids is 1. The van der Waals surface area contributed by atoms with E-state index in [1.807, 2.05) is 61.5 Å². The van der Waals surface area contributed by atoms with Crippen molar-refractivity contribution >= 4 is 44.6 Å². The van der Waals surface area contributed by atoms with Crippen molar-refractivity contribution in [2.45, 2.75) is 6.92 Å². The van der Waals surface area contributed by atoms with Gasteiger partial charge in [0.05, 0.1) is 6.21 Å². The maximum atomic E-state index is 12.1. The Labute approximate surface area is 172 Å². The Hall–Kier alpha value is -3.12. The van der Waals surface area contributed by atoms with Crippen LogP contribution in [0.25, 0.3) is 10.8 Å². The molecule has 2 amide bonds. The Morgan fingerprint density at radius 1 is 1.21 bits per heavy atom. The third-order valence-corrected chi connectivity index (χ3v) is 4.95. The van der Waals surface area contributed by atoms with E-state index in [9.17, 15) is 4.79 Å². The van der Waals surface area contributed by atoms with Crippen LogP contribution in [-0.4, -0.2) is 18.9 Å². The van der Waals surface area contributed by atoms with Crippen LogP contribution < -0.4 is 15.5 Å². The van der Waals surface area contributed by atoms with Crippen LogP contribution in [0, 0.1) is 6.92 Å². The summed E-state index contributed by atoms with van der Waals surface area (Å²) in [5.41, 5.74) is 5.00. The van der Waals surface area contributed by atoms with Gasteiger partial charge in [-0.2, -0.15) is 5.10 Å². The smallest absolute Gasteiger partial charge is 0.339 e. The summed E-state index contributed by atoms with van der Waals surface area (Å²) in [6.45, 7) is 6.02. The Morgan fingerprint density at radius 2 is 2.04 bits per heavy atom. The van der Waals surface area contributed by atoms with E-state index in [4.69, 9.17) is 4.74 Å². The number of benzene rings is 3. The second-order valence-electron chi connectivity index (χ2n) is 6.09. The zero-order valence-electron chi connectivity index (χ0n) is 15.4. The maximum Gasteiger partial charge on any atom is 0.339 e. The van der Waals surface area contributed by atoms with Gasteiger partial charge in [-0.25, -0.2) is 10.2 Å². The summed E-state index contributed by atoms with van der Waals surface area (Å²) in [6.07, 6.45) is 3.27. The van der Waals surface area contributed by atoms with Crippen molar-refractivity contribution in [3.63, 3.8) is 0 Å². The number of aryl methyl sites for hydroxylation is 1. The Kier molecular flexibility index (Phi) is 6.45. The van der Waals surface area contributed by atoms with Gasteiger partial charge in [0.2, 0.25) is 0 Å². The van der Waals surface area contributed by atoms with Crippen molar-refractivity contribution in [1.82, 2.24) is 5.43 Å². The molecule has 0 fully saturated rings. The molecule has 0 saturated carbocycles. The van der Waals surface area contributed by atoms with Gasteiger partial charge in [-0.1, -0.05) is 58.9 Å². The maximum absolute atomic E-state index is 12.1. The lowest BCUT2D eigenvalue weighted by molar-refractivity contribution is 0.252. The molecule has 3 aromatic carbocycles. The molecular weight excluding hydrogens is 418 g/mol. The number of amides is 2. The van der Waals surface area contributed by atoms with Crippen LogP contribution in [0.3, 0.4) is 0 Å². The molecule has 0 aliphatic heterocycles. The van der Waals surface area contributed by atoms with Crippen molar-refractivity contribution in [2.75, 3.05) is 11.9 Å². The molecule has 3 aromatic rings. The molecule has 5 nitrogen and oxygen atoms in total. The number of urea groups is 1. The van der Waals surface area contributed by atoms with E-state index in [1.54, 1.807) is 12.3 Å². The zero-order valence-corrected chi connectivity index (χ0v) is 17.0. The van der Waals surface area contributed by atoms with Crippen LogP contribution in [0.5, 0.6) is 5.75 Å². The lowest BCUT2D eigenvalue weighted by Gasteiger charge is -2.10. The van der Waals surface area contributed by atoms with Gasteiger partial charge in [-0.3, -0.25) is 0 Å². The van der Waals surface area contributed by atoms with Gasteiger partial charge in [0.25, 0.3) is 0 Å². The monoisotopic (exact) mass is 437 g/mol. The fraction of sp³-hybridized carbons (Fsp3) is 0.0909. The topological polar surface area (TPSA) is 62.7 Å². The molecule has 0 aliphatic carbocycles. The molecule has 0 radical (unpaired) electrons.